The second kappa shape index (κ2) is 6.76. The molecule has 0 saturated carbocycles. The molecule has 4 nitrogen and oxygen atoms in total. The zero-order valence-electron chi connectivity index (χ0n) is 16.6. The molecule has 0 bridgehead atoms. The van der Waals surface area contributed by atoms with Crippen molar-refractivity contribution in [2.24, 2.45) is 0 Å². The van der Waals surface area contributed by atoms with E-state index in [9.17, 15) is 10.5 Å². The van der Waals surface area contributed by atoms with Gasteiger partial charge in [0.15, 0.2) is 0 Å². The van der Waals surface area contributed by atoms with E-state index in [-0.39, 0.29) is 0 Å². The highest BCUT2D eigenvalue weighted by Gasteiger charge is 2.46. The van der Waals surface area contributed by atoms with Crippen LogP contribution < -0.4 is 11.5 Å². The molecule has 0 aromatic heterocycles. The molecule has 4 aromatic carbocycles. The van der Waals surface area contributed by atoms with Crippen LogP contribution in [-0.2, 0) is 5.41 Å². The van der Waals surface area contributed by atoms with E-state index in [4.69, 9.17) is 11.5 Å². The van der Waals surface area contributed by atoms with Crippen molar-refractivity contribution in [1.82, 2.24) is 0 Å². The van der Waals surface area contributed by atoms with E-state index < -0.39 is 5.41 Å². The quantitative estimate of drug-likeness (QED) is 0.411. The van der Waals surface area contributed by atoms with Crippen LogP contribution in [-0.4, -0.2) is 0 Å². The van der Waals surface area contributed by atoms with Crippen molar-refractivity contribution in [2.75, 3.05) is 11.5 Å². The van der Waals surface area contributed by atoms with Crippen molar-refractivity contribution >= 4 is 11.4 Å². The highest BCUT2D eigenvalue weighted by atomic mass is 14.6. The molecule has 0 radical (unpaired) electrons. The van der Waals surface area contributed by atoms with E-state index in [1.54, 1.807) is 12.1 Å². The van der Waals surface area contributed by atoms with Crippen molar-refractivity contribution in [3.63, 3.8) is 0 Å². The Balaban J connectivity index is 1.98. The monoisotopic (exact) mass is 398 g/mol. The Hall–Kier alpha value is -4.54. The van der Waals surface area contributed by atoms with Crippen LogP contribution in [0.25, 0.3) is 11.1 Å². The van der Waals surface area contributed by atoms with Crippen LogP contribution in [0, 0.1) is 22.7 Å². The second-order valence-electron chi connectivity index (χ2n) is 7.67. The summed E-state index contributed by atoms with van der Waals surface area (Å²) < 4.78 is 0. The van der Waals surface area contributed by atoms with E-state index in [2.05, 4.69) is 36.4 Å². The Labute approximate surface area is 180 Å². The number of benzene rings is 4. The lowest BCUT2D eigenvalue weighted by molar-refractivity contribution is 0.768. The van der Waals surface area contributed by atoms with E-state index in [0.717, 1.165) is 33.4 Å². The summed E-state index contributed by atoms with van der Waals surface area (Å²) in [5.74, 6) is 0. The highest BCUT2D eigenvalue weighted by Crippen LogP contribution is 2.56. The molecule has 0 aliphatic heterocycles. The highest BCUT2D eigenvalue weighted by molar-refractivity contribution is 5.86. The van der Waals surface area contributed by atoms with Gasteiger partial charge in [-0.05, 0) is 57.6 Å². The Morgan fingerprint density at radius 3 is 1.42 bits per heavy atom. The van der Waals surface area contributed by atoms with Gasteiger partial charge in [-0.15, -0.1) is 0 Å². The molecule has 0 unspecified atom stereocenters. The molecule has 0 amide bonds. The number of nitrogens with zero attached hydrogens (tertiary/aromatic N) is 2. The van der Waals surface area contributed by atoms with Crippen LogP contribution in [0.4, 0.5) is 11.4 Å². The van der Waals surface area contributed by atoms with Crippen molar-refractivity contribution in [3.8, 4) is 23.3 Å². The molecule has 0 fully saturated rings. The fourth-order valence-corrected chi connectivity index (χ4v) is 4.80. The molecule has 0 spiro atoms. The maximum atomic E-state index is 9.66. The normalized spacial score (nSPS) is 13.0. The maximum absolute atomic E-state index is 9.66. The predicted octanol–water partition coefficient (Wildman–Crippen LogP) is 4.96. The molecule has 0 saturated heterocycles. The van der Waals surface area contributed by atoms with Crippen molar-refractivity contribution in [2.45, 2.75) is 5.41 Å². The molecule has 0 atom stereocenters. The van der Waals surface area contributed by atoms with Gasteiger partial charge in [0.25, 0.3) is 0 Å². The summed E-state index contributed by atoms with van der Waals surface area (Å²) in [6.45, 7) is 0. The summed E-state index contributed by atoms with van der Waals surface area (Å²) >= 11 is 0. The van der Waals surface area contributed by atoms with Gasteiger partial charge in [-0.1, -0.05) is 60.7 Å². The summed E-state index contributed by atoms with van der Waals surface area (Å²) in [6, 6.07) is 32.2. The van der Waals surface area contributed by atoms with Crippen LogP contribution >= 0.6 is 0 Å². The largest absolute Gasteiger partial charge is 0.398 e. The van der Waals surface area contributed by atoms with Crippen LogP contribution in [0.1, 0.15) is 33.4 Å². The predicted molar refractivity (Wildman–Crippen MR) is 122 cm³/mol. The first-order valence-corrected chi connectivity index (χ1v) is 9.91. The number of hydrogen-bond donors (Lipinski definition) is 2. The summed E-state index contributed by atoms with van der Waals surface area (Å²) in [6.07, 6.45) is 0. The van der Waals surface area contributed by atoms with Gasteiger partial charge in [0.1, 0.15) is 12.1 Å². The summed E-state index contributed by atoms with van der Waals surface area (Å²) in [5, 5.41) is 19.3. The fourth-order valence-electron chi connectivity index (χ4n) is 4.80. The first-order chi connectivity index (χ1) is 15.1. The van der Waals surface area contributed by atoms with Crippen LogP contribution in [0.2, 0.25) is 0 Å². The van der Waals surface area contributed by atoms with Gasteiger partial charge in [-0.25, -0.2) is 0 Å². The number of nitrogen functional groups attached to an aromatic ring is 2. The number of fused-ring (bicyclic) bond motifs is 3. The van der Waals surface area contributed by atoms with Gasteiger partial charge in [-0.2, -0.15) is 10.5 Å². The van der Waals surface area contributed by atoms with Gasteiger partial charge in [-0.3, -0.25) is 0 Å². The van der Waals surface area contributed by atoms with Crippen molar-refractivity contribution in [3.05, 3.63) is 118 Å². The first-order valence-electron chi connectivity index (χ1n) is 9.91. The third kappa shape index (κ3) is 2.46. The SMILES string of the molecule is N#Cc1cc(C2(c3ccc(N)c(C#N)c3)c3ccccc3-c3ccccc32)ccc1N. The number of nitriles is 2. The van der Waals surface area contributed by atoms with E-state index in [1.165, 1.54) is 0 Å². The molecule has 1 aliphatic carbocycles. The minimum atomic E-state index is -0.703. The molecule has 31 heavy (non-hydrogen) atoms. The molecule has 4 N–H and O–H groups in total. The molecular weight excluding hydrogens is 380 g/mol. The minimum absolute atomic E-state index is 0.426. The molecular formula is C27H18N4. The summed E-state index contributed by atoms with van der Waals surface area (Å²) in [7, 11) is 0. The number of anilines is 2. The van der Waals surface area contributed by atoms with Gasteiger partial charge >= 0.3 is 0 Å². The lowest BCUT2D eigenvalue weighted by atomic mass is 9.67. The third-order valence-electron chi connectivity index (χ3n) is 6.17. The smallest absolute Gasteiger partial charge is 0.101 e. The van der Waals surface area contributed by atoms with Gasteiger partial charge in [0.2, 0.25) is 0 Å². The van der Waals surface area contributed by atoms with Crippen LogP contribution in [0.3, 0.4) is 0 Å². The van der Waals surface area contributed by atoms with Gasteiger partial charge in [0, 0.05) is 11.4 Å². The lowest BCUT2D eigenvalue weighted by Gasteiger charge is -2.34. The van der Waals surface area contributed by atoms with Gasteiger partial charge in [0.05, 0.1) is 16.5 Å². The molecule has 0 heterocycles. The maximum Gasteiger partial charge on any atom is 0.101 e. The molecule has 146 valence electrons. The molecule has 1 aliphatic rings. The van der Waals surface area contributed by atoms with E-state index in [0.29, 0.717) is 22.5 Å². The number of nitrogens with two attached hydrogens (primary N) is 2. The van der Waals surface area contributed by atoms with E-state index in [1.807, 2.05) is 48.5 Å². The first kappa shape index (κ1) is 18.5. The molecule has 4 aromatic rings. The summed E-state index contributed by atoms with van der Waals surface area (Å²) in [4.78, 5) is 0. The topological polar surface area (TPSA) is 99.6 Å². The second-order valence-corrected chi connectivity index (χ2v) is 7.67. The summed E-state index contributed by atoms with van der Waals surface area (Å²) in [5.41, 5.74) is 19.4. The molecule has 4 heteroatoms. The van der Waals surface area contributed by atoms with Gasteiger partial charge < -0.3 is 11.5 Å². The lowest BCUT2D eigenvalue weighted by Crippen LogP contribution is -2.29. The third-order valence-corrected chi connectivity index (χ3v) is 6.17. The standard InChI is InChI=1S/C27H18N4/c28-15-17-13-19(9-11-25(17)30)27(20-10-12-26(31)18(14-20)16-29)23-7-3-1-5-21(23)22-6-2-4-8-24(22)27/h1-14H,30-31H2. The van der Waals surface area contributed by atoms with E-state index >= 15 is 0 Å². The zero-order valence-corrected chi connectivity index (χ0v) is 16.6. The Bertz CT molecular complexity index is 1330. The zero-order chi connectivity index (χ0) is 21.6. The van der Waals surface area contributed by atoms with Crippen LogP contribution in [0.5, 0.6) is 0 Å². The Morgan fingerprint density at radius 2 is 1.00 bits per heavy atom. The van der Waals surface area contributed by atoms with Crippen molar-refractivity contribution < 1.29 is 0 Å². The average Bonchev–Trinajstić information content (AvgIpc) is 3.11. The Kier molecular flexibility index (Phi) is 4.03. The van der Waals surface area contributed by atoms with Crippen LogP contribution in [0.15, 0.2) is 84.9 Å². The Morgan fingerprint density at radius 1 is 0.581 bits per heavy atom. The number of rotatable bonds is 2. The average molecular weight is 398 g/mol. The minimum Gasteiger partial charge on any atom is -0.398 e. The number of hydrogen-bond acceptors (Lipinski definition) is 4. The molecule has 5 rings (SSSR count). The fraction of sp³-hybridized carbons (Fsp3) is 0.0370. The van der Waals surface area contributed by atoms with Crippen molar-refractivity contribution in [1.29, 1.82) is 10.5 Å².